The van der Waals surface area contributed by atoms with E-state index in [1.165, 1.54) is 0 Å². The minimum Gasteiger partial charge on any atom is -0.368 e. The molecule has 0 radical (unpaired) electrons. The van der Waals surface area contributed by atoms with Crippen LogP contribution >= 0.6 is 0 Å². The molecular weight excluding hydrogens is 236 g/mol. The van der Waals surface area contributed by atoms with E-state index in [0.29, 0.717) is 6.54 Å². The van der Waals surface area contributed by atoms with Crippen molar-refractivity contribution in [2.45, 2.75) is 18.9 Å². The average Bonchev–Trinajstić information content (AvgIpc) is 2.80. The highest BCUT2D eigenvalue weighted by atomic mass is 19.1. The molecule has 0 aromatic heterocycles. The Morgan fingerprint density at radius 3 is 2.61 bits per heavy atom. The smallest absolute Gasteiger partial charge is 0.150 e. The minimum atomic E-state index is -0.688. The van der Waals surface area contributed by atoms with Crippen LogP contribution in [0.3, 0.4) is 0 Å². The highest BCUT2D eigenvalue weighted by Gasteiger charge is 2.20. The highest BCUT2D eigenvalue weighted by molar-refractivity contribution is 5.52. The van der Waals surface area contributed by atoms with Gasteiger partial charge < -0.3 is 10.2 Å². The second kappa shape index (κ2) is 5.32. The third kappa shape index (κ3) is 2.59. The predicted molar refractivity (Wildman–Crippen MR) is 65.4 cm³/mol. The van der Waals surface area contributed by atoms with Gasteiger partial charge in [-0.2, -0.15) is 5.26 Å². The van der Waals surface area contributed by atoms with Crippen molar-refractivity contribution >= 4 is 5.69 Å². The Kier molecular flexibility index (Phi) is 3.78. The van der Waals surface area contributed by atoms with Gasteiger partial charge in [0, 0.05) is 19.6 Å². The lowest BCUT2D eigenvalue weighted by atomic mass is 10.1. The van der Waals surface area contributed by atoms with Gasteiger partial charge in [-0.15, -0.1) is 0 Å². The summed E-state index contributed by atoms with van der Waals surface area (Å²) in [6.07, 6.45) is 2.11. The zero-order valence-electron chi connectivity index (χ0n) is 10.2. The van der Waals surface area contributed by atoms with Crippen LogP contribution in [0, 0.1) is 23.0 Å². The summed E-state index contributed by atoms with van der Waals surface area (Å²) in [7, 11) is 1.66. The number of rotatable bonds is 3. The summed E-state index contributed by atoms with van der Waals surface area (Å²) in [5.74, 6) is -1.38. The summed E-state index contributed by atoms with van der Waals surface area (Å²) in [4.78, 5) is 1.56. The van der Waals surface area contributed by atoms with E-state index in [-0.39, 0.29) is 17.3 Å². The quantitative estimate of drug-likeness (QED) is 0.893. The van der Waals surface area contributed by atoms with Crippen LogP contribution in [-0.2, 0) is 0 Å². The third-order valence-corrected chi connectivity index (χ3v) is 3.18. The van der Waals surface area contributed by atoms with Crippen molar-refractivity contribution in [1.29, 1.82) is 5.26 Å². The monoisotopic (exact) mass is 251 g/mol. The van der Waals surface area contributed by atoms with Crippen molar-refractivity contribution in [3.8, 4) is 6.07 Å². The lowest BCUT2D eigenvalue weighted by molar-refractivity contribution is 0.554. The fourth-order valence-electron chi connectivity index (χ4n) is 2.33. The first-order valence-corrected chi connectivity index (χ1v) is 5.95. The molecule has 1 aromatic carbocycles. The van der Waals surface area contributed by atoms with Gasteiger partial charge in [0.15, 0.2) is 11.6 Å². The van der Waals surface area contributed by atoms with E-state index in [1.54, 1.807) is 18.0 Å². The van der Waals surface area contributed by atoms with E-state index in [4.69, 9.17) is 5.26 Å². The first kappa shape index (κ1) is 12.8. The lowest BCUT2D eigenvalue weighted by Crippen LogP contribution is -2.36. The number of hydrogen-bond donors (Lipinski definition) is 1. The number of benzene rings is 1. The molecule has 0 aliphatic carbocycles. The van der Waals surface area contributed by atoms with Crippen LogP contribution in [0.2, 0.25) is 0 Å². The molecule has 1 N–H and O–H groups in total. The largest absolute Gasteiger partial charge is 0.368 e. The highest BCUT2D eigenvalue weighted by Crippen LogP contribution is 2.24. The van der Waals surface area contributed by atoms with Crippen molar-refractivity contribution in [2.75, 3.05) is 25.0 Å². The first-order chi connectivity index (χ1) is 8.61. The van der Waals surface area contributed by atoms with Crippen molar-refractivity contribution < 1.29 is 8.78 Å². The molecule has 0 spiro atoms. The fourth-order valence-corrected chi connectivity index (χ4v) is 2.33. The second-order valence-corrected chi connectivity index (χ2v) is 4.57. The van der Waals surface area contributed by atoms with E-state index in [1.807, 2.05) is 0 Å². The van der Waals surface area contributed by atoms with E-state index < -0.39 is 11.6 Å². The van der Waals surface area contributed by atoms with E-state index in [2.05, 4.69) is 5.32 Å². The van der Waals surface area contributed by atoms with Gasteiger partial charge in [0.05, 0.1) is 11.6 Å². The van der Waals surface area contributed by atoms with E-state index >= 15 is 0 Å². The molecular formula is C13H15F2N3. The van der Waals surface area contributed by atoms with Gasteiger partial charge in [-0.25, -0.2) is 8.78 Å². The standard InChI is InChI=1S/C13H15F2N3/c1-18(8-10-3-2-4-17-10)13-11(14)5-9(7-16)6-12(13)15/h5-6,10,17H,2-4,8H2,1H3. The second-order valence-electron chi connectivity index (χ2n) is 4.57. The Morgan fingerprint density at radius 2 is 2.11 bits per heavy atom. The van der Waals surface area contributed by atoms with Gasteiger partial charge in [-0.3, -0.25) is 0 Å². The summed E-state index contributed by atoms with van der Waals surface area (Å²) >= 11 is 0. The summed E-state index contributed by atoms with van der Waals surface area (Å²) in [5.41, 5.74) is -0.0659. The van der Waals surface area contributed by atoms with Crippen molar-refractivity contribution in [3.05, 3.63) is 29.3 Å². The number of halogens is 2. The van der Waals surface area contributed by atoms with Crippen LogP contribution < -0.4 is 10.2 Å². The van der Waals surface area contributed by atoms with Crippen LogP contribution in [0.25, 0.3) is 0 Å². The number of nitrogens with zero attached hydrogens (tertiary/aromatic N) is 2. The molecule has 2 rings (SSSR count). The molecule has 1 saturated heterocycles. The molecule has 1 aliphatic rings. The predicted octanol–water partition coefficient (Wildman–Crippen LogP) is 2.02. The Balaban J connectivity index is 2.19. The summed E-state index contributed by atoms with van der Waals surface area (Å²) < 4.78 is 27.5. The van der Waals surface area contributed by atoms with Crippen LogP contribution in [0.1, 0.15) is 18.4 Å². The first-order valence-electron chi connectivity index (χ1n) is 5.95. The molecule has 1 unspecified atom stereocenters. The van der Waals surface area contributed by atoms with Gasteiger partial charge in [0.1, 0.15) is 5.69 Å². The Hall–Kier alpha value is -1.67. The molecule has 96 valence electrons. The third-order valence-electron chi connectivity index (χ3n) is 3.18. The van der Waals surface area contributed by atoms with Crippen LogP contribution in [0.5, 0.6) is 0 Å². The van der Waals surface area contributed by atoms with Gasteiger partial charge in [0.2, 0.25) is 0 Å². The van der Waals surface area contributed by atoms with Crippen LogP contribution in [0.4, 0.5) is 14.5 Å². The van der Waals surface area contributed by atoms with Crippen molar-refractivity contribution in [3.63, 3.8) is 0 Å². The molecule has 0 amide bonds. The Bertz CT molecular complexity index is 453. The van der Waals surface area contributed by atoms with E-state index in [0.717, 1.165) is 31.5 Å². The lowest BCUT2D eigenvalue weighted by Gasteiger charge is -2.24. The average molecular weight is 251 g/mol. The molecule has 1 fully saturated rings. The number of likely N-dealkylation sites (N-methyl/N-ethyl adjacent to an activating group) is 1. The molecule has 1 heterocycles. The number of hydrogen-bond acceptors (Lipinski definition) is 3. The molecule has 5 heteroatoms. The summed E-state index contributed by atoms with van der Waals surface area (Å²) in [6.45, 7) is 1.51. The maximum Gasteiger partial charge on any atom is 0.150 e. The molecule has 3 nitrogen and oxygen atoms in total. The number of nitriles is 1. The molecule has 1 aliphatic heterocycles. The number of anilines is 1. The van der Waals surface area contributed by atoms with Gasteiger partial charge in [-0.05, 0) is 31.5 Å². The van der Waals surface area contributed by atoms with Gasteiger partial charge >= 0.3 is 0 Å². The Morgan fingerprint density at radius 1 is 1.44 bits per heavy atom. The van der Waals surface area contributed by atoms with Gasteiger partial charge in [-0.1, -0.05) is 0 Å². The van der Waals surface area contributed by atoms with Gasteiger partial charge in [0.25, 0.3) is 0 Å². The maximum absolute atomic E-state index is 13.8. The zero-order valence-corrected chi connectivity index (χ0v) is 10.2. The SMILES string of the molecule is CN(CC1CCCN1)c1c(F)cc(C#N)cc1F. The molecule has 1 aromatic rings. The zero-order chi connectivity index (χ0) is 13.1. The van der Waals surface area contributed by atoms with E-state index in [9.17, 15) is 8.78 Å². The fraction of sp³-hybridized carbons (Fsp3) is 0.462. The molecule has 0 bridgehead atoms. The summed E-state index contributed by atoms with van der Waals surface area (Å²) in [6, 6.07) is 4.14. The normalized spacial score (nSPS) is 18.7. The van der Waals surface area contributed by atoms with Crippen LogP contribution in [0.15, 0.2) is 12.1 Å². The van der Waals surface area contributed by atoms with Crippen molar-refractivity contribution in [2.24, 2.45) is 0 Å². The topological polar surface area (TPSA) is 39.1 Å². The molecule has 0 saturated carbocycles. The molecule has 1 atom stereocenters. The number of nitrogens with one attached hydrogen (secondary N) is 1. The Labute approximate surface area is 105 Å². The maximum atomic E-state index is 13.8. The minimum absolute atomic E-state index is 0.00106. The summed E-state index contributed by atoms with van der Waals surface area (Å²) in [5, 5.41) is 11.9. The molecule has 18 heavy (non-hydrogen) atoms. The van der Waals surface area contributed by atoms with Crippen molar-refractivity contribution in [1.82, 2.24) is 5.32 Å². The van der Waals surface area contributed by atoms with Crippen LogP contribution in [-0.4, -0.2) is 26.2 Å².